The highest BCUT2D eigenvalue weighted by molar-refractivity contribution is 7.89. The Morgan fingerprint density at radius 2 is 1.37 bits per heavy atom. The Balaban J connectivity index is 1.11. The van der Waals surface area contributed by atoms with Crippen LogP contribution in [-0.2, 0) is 10.0 Å². The lowest BCUT2D eigenvalue weighted by molar-refractivity contribution is 0.284. The first-order valence-corrected chi connectivity index (χ1v) is 14.7. The number of aromatic nitrogens is 2. The van der Waals surface area contributed by atoms with Gasteiger partial charge in [-0.2, -0.15) is 4.98 Å². The lowest BCUT2D eigenvalue weighted by atomic mass is 9.82. The minimum absolute atomic E-state index is 0.308. The maximum Gasteiger partial charge on any atom is 0.240 e. The van der Waals surface area contributed by atoms with E-state index >= 15 is 0 Å². The van der Waals surface area contributed by atoms with E-state index in [0.29, 0.717) is 29.2 Å². The molecule has 38 heavy (non-hydrogen) atoms. The number of para-hydroxylation sites is 1. The first-order valence-electron chi connectivity index (χ1n) is 13.2. The highest BCUT2D eigenvalue weighted by Crippen LogP contribution is 2.30. The molecule has 198 valence electrons. The first kappa shape index (κ1) is 26.1. The van der Waals surface area contributed by atoms with Crippen LogP contribution in [-0.4, -0.2) is 45.6 Å². The first-order chi connectivity index (χ1) is 18.4. The lowest BCUT2D eigenvalue weighted by Gasteiger charge is -2.28. The predicted octanol–water partition coefficient (Wildman–Crippen LogP) is 5.56. The molecule has 1 heterocycles. The van der Waals surface area contributed by atoms with Gasteiger partial charge in [0.25, 0.3) is 0 Å². The molecule has 3 aromatic carbocycles. The highest BCUT2D eigenvalue weighted by atomic mass is 32.2. The summed E-state index contributed by atoms with van der Waals surface area (Å²) < 4.78 is 28.6. The molecule has 0 atom stereocenters. The SMILES string of the molecule is CN(C)c1nc(NCC2CCC(CNS(=O)(=O)c3ccc(-c4ccccc4)cc3)CC2)nc2ccccc12. The number of rotatable bonds is 9. The molecule has 0 spiro atoms. The van der Waals surface area contributed by atoms with Gasteiger partial charge in [-0.3, -0.25) is 0 Å². The Labute approximate surface area is 225 Å². The summed E-state index contributed by atoms with van der Waals surface area (Å²) in [5.74, 6) is 2.43. The largest absolute Gasteiger partial charge is 0.362 e. The van der Waals surface area contributed by atoms with Gasteiger partial charge in [-0.05, 0) is 72.9 Å². The summed E-state index contributed by atoms with van der Waals surface area (Å²) in [5, 5.41) is 4.49. The summed E-state index contributed by atoms with van der Waals surface area (Å²) in [6, 6.07) is 25.1. The molecule has 1 aliphatic carbocycles. The molecule has 8 heteroatoms. The Kier molecular flexibility index (Phi) is 7.90. The number of hydrogen-bond acceptors (Lipinski definition) is 6. The summed E-state index contributed by atoms with van der Waals surface area (Å²) in [6.45, 7) is 1.29. The quantitative estimate of drug-likeness (QED) is 0.295. The fraction of sp³-hybridized carbons (Fsp3) is 0.333. The van der Waals surface area contributed by atoms with E-state index in [0.717, 1.165) is 60.1 Å². The van der Waals surface area contributed by atoms with Gasteiger partial charge in [-0.1, -0.05) is 54.6 Å². The average molecular weight is 530 g/mol. The van der Waals surface area contributed by atoms with Crippen molar-refractivity contribution in [2.45, 2.75) is 30.6 Å². The third-order valence-electron chi connectivity index (χ3n) is 7.36. The van der Waals surface area contributed by atoms with Crippen molar-refractivity contribution in [1.29, 1.82) is 0 Å². The zero-order valence-corrected chi connectivity index (χ0v) is 22.8. The Hall–Kier alpha value is -3.49. The van der Waals surface area contributed by atoms with Gasteiger partial charge in [0.15, 0.2) is 0 Å². The smallest absolute Gasteiger partial charge is 0.240 e. The summed E-state index contributed by atoms with van der Waals surface area (Å²) in [5.41, 5.74) is 3.00. The number of hydrogen-bond donors (Lipinski definition) is 2. The van der Waals surface area contributed by atoms with E-state index in [1.54, 1.807) is 12.1 Å². The molecule has 4 aromatic rings. The molecule has 1 aliphatic rings. The number of nitrogens with one attached hydrogen (secondary N) is 2. The highest BCUT2D eigenvalue weighted by Gasteiger charge is 2.24. The molecule has 1 saturated carbocycles. The molecule has 1 fully saturated rings. The van der Waals surface area contributed by atoms with Crippen LogP contribution in [0, 0.1) is 11.8 Å². The Morgan fingerprint density at radius 3 is 2.05 bits per heavy atom. The number of benzene rings is 3. The fourth-order valence-corrected chi connectivity index (χ4v) is 6.24. The molecule has 0 radical (unpaired) electrons. The second-order valence-corrected chi connectivity index (χ2v) is 12.1. The zero-order valence-electron chi connectivity index (χ0n) is 22.0. The minimum atomic E-state index is -3.53. The van der Waals surface area contributed by atoms with E-state index in [1.807, 2.05) is 85.7 Å². The van der Waals surface area contributed by atoms with Crippen molar-refractivity contribution in [3.63, 3.8) is 0 Å². The Morgan fingerprint density at radius 1 is 0.763 bits per heavy atom. The van der Waals surface area contributed by atoms with Crippen LogP contribution in [0.3, 0.4) is 0 Å². The van der Waals surface area contributed by atoms with E-state index in [-0.39, 0.29) is 0 Å². The van der Waals surface area contributed by atoms with Crippen LogP contribution in [0.25, 0.3) is 22.0 Å². The van der Waals surface area contributed by atoms with Crippen LogP contribution >= 0.6 is 0 Å². The lowest BCUT2D eigenvalue weighted by Crippen LogP contribution is -2.32. The van der Waals surface area contributed by atoms with Crippen LogP contribution in [0.2, 0.25) is 0 Å². The molecule has 0 bridgehead atoms. The molecule has 0 saturated heterocycles. The van der Waals surface area contributed by atoms with Crippen LogP contribution in [0.4, 0.5) is 11.8 Å². The van der Waals surface area contributed by atoms with Gasteiger partial charge >= 0.3 is 0 Å². The van der Waals surface area contributed by atoms with Gasteiger partial charge in [0, 0.05) is 32.6 Å². The summed E-state index contributed by atoms with van der Waals surface area (Å²) in [7, 11) is 0.457. The normalized spacial score (nSPS) is 17.8. The standard InChI is InChI=1S/C30H35N5O2S/c1-35(2)29-27-10-6-7-11-28(27)33-30(34-29)31-20-22-12-14-23(15-13-22)21-32-38(36,37)26-18-16-25(17-19-26)24-8-4-3-5-9-24/h3-11,16-19,22-23,32H,12-15,20-21H2,1-2H3,(H,31,33,34). The monoisotopic (exact) mass is 529 g/mol. The molecule has 7 nitrogen and oxygen atoms in total. The molecule has 0 amide bonds. The van der Waals surface area contributed by atoms with Crippen LogP contribution in [0.15, 0.2) is 83.8 Å². The van der Waals surface area contributed by atoms with Crippen molar-refractivity contribution in [2.75, 3.05) is 37.4 Å². The van der Waals surface area contributed by atoms with Gasteiger partial charge in [-0.15, -0.1) is 0 Å². The van der Waals surface area contributed by atoms with E-state index < -0.39 is 10.0 Å². The molecule has 0 aliphatic heterocycles. The van der Waals surface area contributed by atoms with Crippen molar-refractivity contribution in [2.24, 2.45) is 11.8 Å². The third-order valence-corrected chi connectivity index (χ3v) is 8.80. The second-order valence-electron chi connectivity index (χ2n) is 10.3. The van der Waals surface area contributed by atoms with Gasteiger partial charge in [0.2, 0.25) is 16.0 Å². The fourth-order valence-electron chi connectivity index (χ4n) is 5.12. The third kappa shape index (κ3) is 6.14. The van der Waals surface area contributed by atoms with E-state index in [4.69, 9.17) is 9.97 Å². The van der Waals surface area contributed by atoms with E-state index in [2.05, 4.69) is 10.0 Å². The number of anilines is 2. The van der Waals surface area contributed by atoms with Gasteiger partial charge in [0.05, 0.1) is 10.4 Å². The summed E-state index contributed by atoms with van der Waals surface area (Å²) in [4.78, 5) is 11.8. The van der Waals surface area contributed by atoms with Gasteiger partial charge < -0.3 is 10.2 Å². The predicted molar refractivity (Wildman–Crippen MR) is 155 cm³/mol. The van der Waals surface area contributed by atoms with Crippen molar-refractivity contribution in [1.82, 2.24) is 14.7 Å². The van der Waals surface area contributed by atoms with Gasteiger partial charge in [-0.25, -0.2) is 18.1 Å². The molecular weight excluding hydrogens is 494 g/mol. The van der Waals surface area contributed by atoms with E-state index in [9.17, 15) is 8.42 Å². The summed E-state index contributed by atoms with van der Waals surface area (Å²) in [6.07, 6.45) is 4.12. The molecule has 0 unspecified atom stereocenters. The molecular formula is C30H35N5O2S. The van der Waals surface area contributed by atoms with Gasteiger partial charge in [0.1, 0.15) is 5.82 Å². The topological polar surface area (TPSA) is 87.2 Å². The van der Waals surface area contributed by atoms with E-state index in [1.165, 1.54) is 0 Å². The van der Waals surface area contributed by atoms with Crippen LogP contribution in [0.5, 0.6) is 0 Å². The van der Waals surface area contributed by atoms with Crippen molar-refractivity contribution in [3.05, 3.63) is 78.9 Å². The molecule has 2 N–H and O–H groups in total. The maximum absolute atomic E-state index is 12.9. The maximum atomic E-state index is 12.9. The van der Waals surface area contributed by atoms with Crippen molar-refractivity contribution < 1.29 is 8.42 Å². The Bertz CT molecular complexity index is 1470. The second kappa shape index (κ2) is 11.5. The number of sulfonamides is 1. The van der Waals surface area contributed by atoms with Crippen molar-refractivity contribution >= 4 is 32.7 Å². The van der Waals surface area contributed by atoms with Crippen molar-refractivity contribution in [3.8, 4) is 11.1 Å². The summed E-state index contributed by atoms with van der Waals surface area (Å²) >= 11 is 0. The van der Waals surface area contributed by atoms with Crippen LogP contribution in [0.1, 0.15) is 25.7 Å². The number of nitrogens with zero attached hydrogens (tertiary/aromatic N) is 3. The molecule has 5 rings (SSSR count). The molecule has 1 aromatic heterocycles. The minimum Gasteiger partial charge on any atom is -0.362 e. The average Bonchev–Trinajstić information content (AvgIpc) is 2.95. The van der Waals surface area contributed by atoms with Crippen LogP contribution < -0.4 is 14.9 Å². The zero-order chi connectivity index (χ0) is 26.5. The number of fused-ring (bicyclic) bond motifs is 1.